The van der Waals surface area contributed by atoms with Crippen molar-refractivity contribution in [3.05, 3.63) is 105 Å². The minimum absolute atomic E-state index is 0.0502. The lowest BCUT2D eigenvalue weighted by molar-refractivity contribution is 0.681. The third-order valence-electron chi connectivity index (χ3n) is 7.15. The normalized spacial score (nSPS) is 12.3. The Kier molecular flexibility index (Phi) is 6.83. The molecule has 0 spiro atoms. The van der Waals surface area contributed by atoms with Gasteiger partial charge in [-0.05, 0) is 41.0 Å². The van der Waals surface area contributed by atoms with Crippen LogP contribution in [0.15, 0.2) is 71.3 Å². The molecule has 44 heavy (non-hydrogen) atoms. The standard InChI is InChI=1S/C34H8F2N8/c35-33-23(15-43)29-25(19-5-1-17(9-37)2-6-19)30-24(16-44)34(36)28(22(13-41)14-42)32(30)26(20-7-3-18(10-38)4-8-20)31(29)27(33)21(11-39)12-40/h1-8H. The van der Waals surface area contributed by atoms with E-state index in [4.69, 9.17) is 0 Å². The second kappa shape index (κ2) is 10.8. The lowest BCUT2D eigenvalue weighted by atomic mass is 9.78. The van der Waals surface area contributed by atoms with Gasteiger partial charge in [-0.1, -0.05) is 24.3 Å². The minimum atomic E-state index is -1.22. The molecule has 0 aromatic heterocycles. The molecule has 0 heterocycles. The number of benzene rings is 3. The number of hydrogen-bond acceptors (Lipinski definition) is 8. The summed E-state index contributed by atoms with van der Waals surface area (Å²) in [5.41, 5.74) is -3.76. The molecule has 0 amide bonds. The van der Waals surface area contributed by atoms with Gasteiger partial charge in [0.2, 0.25) is 0 Å². The van der Waals surface area contributed by atoms with Crippen molar-refractivity contribution in [1.82, 2.24) is 0 Å². The van der Waals surface area contributed by atoms with Crippen molar-refractivity contribution >= 4 is 22.3 Å². The SMILES string of the molecule is N#CC(C#N)=C1C(F)=C(C#N)c2c1c(-c1ccc(C#N)cc1)c1c(c2-c2ccc(C#N)cc2)C(C#N)=C(F)C1=C(C#N)C#N. The molecule has 10 heteroatoms. The highest BCUT2D eigenvalue weighted by molar-refractivity contribution is 6.20. The van der Waals surface area contributed by atoms with Crippen LogP contribution in [0.4, 0.5) is 8.78 Å². The van der Waals surface area contributed by atoms with Crippen molar-refractivity contribution in [1.29, 1.82) is 42.1 Å². The highest BCUT2D eigenvalue weighted by Gasteiger charge is 2.43. The molecule has 0 N–H and O–H groups in total. The Morgan fingerprint density at radius 1 is 0.409 bits per heavy atom. The fourth-order valence-corrected chi connectivity index (χ4v) is 5.39. The molecule has 0 aliphatic heterocycles. The van der Waals surface area contributed by atoms with Crippen LogP contribution in [0.5, 0.6) is 0 Å². The summed E-state index contributed by atoms with van der Waals surface area (Å²) in [4.78, 5) is 0. The Labute approximate surface area is 248 Å². The number of allylic oxidation sites excluding steroid dienone is 8. The number of nitriles is 8. The van der Waals surface area contributed by atoms with Crippen LogP contribution in [0.25, 0.3) is 44.5 Å². The molecule has 0 saturated carbocycles. The van der Waals surface area contributed by atoms with Crippen LogP contribution in [0.1, 0.15) is 33.4 Å². The maximum absolute atomic E-state index is 16.3. The summed E-state index contributed by atoms with van der Waals surface area (Å²) in [6.07, 6.45) is 0. The molecule has 2 aliphatic rings. The summed E-state index contributed by atoms with van der Waals surface area (Å²) in [5, 5.41) is 78.3. The zero-order valence-corrected chi connectivity index (χ0v) is 22.0. The number of nitrogens with zero attached hydrogens (tertiary/aromatic N) is 8. The second-order valence-corrected chi connectivity index (χ2v) is 9.18. The predicted molar refractivity (Wildman–Crippen MR) is 150 cm³/mol. The number of hydrogen-bond donors (Lipinski definition) is 0. The van der Waals surface area contributed by atoms with Crippen LogP contribution in [0.3, 0.4) is 0 Å². The number of halogens is 2. The zero-order valence-electron chi connectivity index (χ0n) is 22.0. The highest BCUT2D eigenvalue weighted by atomic mass is 19.1. The van der Waals surface area contributed by atoms with Gasteiger partial charge in [0.05, 0.1) is 34.4 Å². The van der Waals surface area contributed by atoms with E-state index in [2.05, 4.69) is 0 Å². The number of fused-ring (bicyclic) bond motifs is 2. The molecule has 0 fully saturated rings. The first-order valence-corrected chi connectivity index (χ1v) is 12.3. The van der Waals surface area contributed by atoms with Crippen LogP contribution < -0.4 is 0 Å². The third kappa shape index (κ3) is 3.81. The van der Waals surface area contributed by atoms with Gasteiger partial charge >= 0.3 is 0 Å². The van der Waals surface area contributed by atoms with E-state index in [9.17, 15) is 42.1 Å². The fourth-order valence-electron chi connectivity index (χ4n) is 5.39. The molecule has 0 atom stereocenters. The predicted octanol–water partition coefficient (Wildman–Crippen LogP) is 6.80. The van der Waals surface area contributed by atoms with Crippen molar-refractivity contribution in [3.8, 4) is 70.8 Å². The summed E-state index contributed by atoms with van der Waals surface area (Å²) in [6.45, 7) is 0. The monoisotopic (exact) mass is 566 g/mol. The van der Waals surface area contributed by atoms with E-state index in [0.717, 1.165) is 0 Å². The first-order valence-electron chi connectivity index (χ1n) is 12.3. The summed E-state index contributed by atoms with van der Waals surface area (Å²) >= 11 is 0. The summed E-state index contributed by atoms with van der Waals surface area (Å²) in [6, 6.07) is 25.3. The summed E-state index contributed by atoms with van der Waals surface area (Å²) in [5.74, 6) is -2.44. The lowest BCUT2D eigenvalue weighted by Crippen LogP contribution is -2.04. The maximum atomic E-state index is 16.3. The van der Waals surface area contributed by atoms with Gasteiger partial charge in [-0.3, -0.25) is 0 Å². The van der Waals surface area contributed by atoms with Crippen molar-refractivity contribution in [2.75, 3.05) is 0 Å². The van der Waals surface area contributed by atoms with Crippen LogP contribution in [-0.2, 0) is 0 Å². The molecule has 198 valence electrons. The summed E-state index contributed by atoms with van der Waals surface area (Å²) < 4.78 is 32.5. The second-order valence-electron chi connectivity index (χ2n) is 9.18. The Morgan fingerprint density at radius 2 is 0.727 bits per heavy atom. The van der Waals surface area contributed by atoms with E-state index in [1.54, 1.807) is 36.4 Å². The first kappa shape index (κ1) is 27.9. The van der Waals surface area contributed by atoms with E-state index >= 15 is 8.78 Å². The maximum Gasteiger partial charge on any atom is 0.151 e. The Balaban J connectivity index is 2.21. The Bertz CT molecular complexity index is 2210. The van der Waals surface area contributed by atoms with E-state index in [-0.39, 0.29) is 55.6 Å². The van der Waals surface area contributed by atoms with Gasteiger partial charge in [-0.25, -0.2) is 8.78 Å². The van der Waals surface area contributed by atoms with E-state index in [1.807, 2.05) is 12.1 Å². The third-order valence-corrected chi connectivity index (χ3v) is 7.15. The average molecular weight is 566 g/mol. The highest BCUT2D eigenvalue weighted by Crippen LogP contribution is 2.59. The topological polar surface area (TPSA) is 190 Å². The quantitative estimate of drug-likeness (QED) is 0.302. The van der Waals surface area contributed by atoms with Gasteiger partial charge in [0.1, 0.15) is 47.6 Å². The van der Waals surface area contributed by atoms with E-state index < -0.39 is 45.1 Å². The molecule has 2 aliphatic carbocycles. The fraction of sp³-hybridized carbons (Fsp3) is 0. The largest absolute Gasteiger partial charge is 0.205 e. The molecule has 0 bridgehead atoms. The zero-order chi connectivity index (χ0) is 31.7. The minimum Gasteiger partial charge on any atom is -0.205 e. The smallest absolute Gasteiger partial charge is 0.151 e. The lowest BCUT2D eigenvalue weighted by Gasteiger charge is -2.22. The van der Waals surface area contributed by atoms with Crippen LogP contribution in [0.2, 0.25) is 0 Å². The van der Waals surface area contributed by atoms with Crippen LogP contribution in [0, 0.1) is 90.6 Å². The molecule has 3 aromatic rings. The van der Waals surface area contributed by atoms with Gasteiger partial charge in [0.25, 0.3) is 0 Å². The molecule has 5 rings (SSSR count). The van der Waals surface area contributed by atoms with Crippen molar-refractivity contribution in [2.24, 2.45) is 0 Å². The molecule has 3 aromatic carbocycles. The van der Waals surface area contributed by atoms with Gasteiger partial charge in [-0.15, -0.1) is 0 Å². The molecule has 8 nitrogen and oxygen atoms in total. The van der Waals surface area contributed by atoms with Crippen molar-refractivity contribution in [2.45, 2.75) is 0 Å². The van der Waals surface area contributed by atoms with Crippen LogP contribution >= 0.6 is 0 Å². The van der Waals surface area contributed by atoms with Crippen molar-refractivity contribution < 1.29 is 8.78 Å². The van der Waals surface area contributed by atoms with E-state index in [0.29, 0.717) is 0 Å². The first-order chi connectivity index (χ1) is 21.3. The van der Waals surface area contributed by atoms with Crippen molar-refractivity contribution in [3.63, 3.8) is 0 Å². The molecular weight excluding hydrogens is 558 g/mol. The van der Waals surface area contributed by atoms with Gasteiger partial charge in [-0.2, -0.15) is 42.1 Å². The van der Waals surface area contributed by atoms with Gasteiger partial charge in [0, 0.05) is 39.0 Å². The molecular formula is C34H8F2N8. The molecule has 0 radical (unpaired) electrons. The summed E-state index contributed by atoms with van der Waals surface area (Å²) in [7, 11) is 0. The van der Waals surface area contributed by atoms with Gasteiger partial charge < -0.3 is 0 Å². The van der Waals surface area contributed by atoms with E-state index in [1.165, 1.54) is 48.5 Å². The Hall–Kier alpha value is -7.60. The Morgan fingerprint density at radius 3 is 1.00 bits per heavy atom. The van der Waals surface area contributed by atoms with Crippen LogP contribution in [-0.4, -0.2) is 0 Å². The van der Waals surface area contributed by atoms with Gasteiger partial charge in [0.15, 0.2) is 11.7 Å². The molecule has 0 unspecified atom stereocenters. The number of rotatable bonds is 2. The molecule has 0 saturated heterocycles. The average Bonchev–Trinajstić information content (AvgIpc) is 3.51.